The third kappa shape index (κ3) is 1.95. The van der Waals surface area contributed by atoms with Gasteiger partial charge >= 0.3 is 11.4 Å². The summed E-state index contributed by atoms with van der Waals surface area (Å²) in [6.07, 6.45) is 1.36. The molecule has 2 heterocycles. The standard InChI is InChI=1S/C12H9FN4O2/c13-8-4-2-1-3-7(8)6-17-10-9(15-12(17)19)5-14-11(18)16-10/h1-5H,6H2,(H,15,19)(H,14,16,18). The summed E-state index contributed by atoms with van der Waals surface area (Å²) in [6, 6.07) is 6.14. The molecule has 0 bridgehead atoms. The average molecular weight is 260 g/mol. The highest BCUT2D eigenvalue weighted by molar-refractivity contribution is 5.68. The molecular weight excluding hydrogens is 251 g/mol. The van der Waals surface area contributed by atoms with Gasteiger partial charge in [-0.3, -0.25) is 4.57 Å². The van der Waals surface area contributed by atoms with E-state index in [2.05, 4.69) is 15.0 Å². The van der Waals surface area contributed by atoms with Gasteiger partial charge in [0, 0.05) is 11.8 Å². The Morgan fingerprint density at radius 1 is 1.26 bits per heavy atom. The zero-order valence-electron chi connectivity index (χ0n) is 9.68. The second-order valence-electron chi connectivity index (χ2n) is 4.05. The van der Waals surface area contributed by atoms with E-state index in [1.165, 1.54) is 16.8 Å². The smallest absolute Gasteiger partial charge is 0.310 e. The van der Waals surface area contributed by atoms with Crippen molar-refractivity contribution in [2.75, 3.05) is 0 Å². The van der Waals surface area contributed by atoms with Crippen LogP contribution in [0, 0.1) is 5.82 Å². The van der Waals surface area contributed by atoms with Crippen molar-refractivity contribution in [3.8, 4) is 0 Å². The maximum absolute atomic E-state index is 13.6. The third-order valence-electron chi connectivity index (χ3n) is 2.82. The Morgan fingerprint density at radius 3 is 2.84 bits per heavy atom. The molecule has 2 N–H and O–H groups in total. The summed E-state index contributed by atoms with van der Waals surface area (Å²) >= 11 is 0. The lowest BCUT2D eigenvalue weighted by molar-refractivity contribution is 0.598. The van der Waals surface area contributed by atoms with Crippen LogP contribution in [0.25, 0.3) is 11.2 Å². The summed E-state index contributed by atoms with van der Waals surface area (Å²) in [4.78, 5) is 31.6. The molecule has 0 fully saturated rings. The number of hydrogen-bond acceptors (Lipinski definition) is 3. The van der Waals surface area contributed by atoms with E-state index in [0.717, 1.165) is 0 Å². The highest BCUT2D eigenvalue weighted by Crippen LogP contribution is 2.10. The lowest BCUT2D eigenvalue weighted by atomic mass is 10.2. The molecule has 0 amide bonds. The van der Waals surface area contributed by atoms with Crippen LogP contribution in [-0.2, 0) is 6.54 Å². The van der Waals surface area contributed by atoms with Crippen molar-refractivity contribution in [2.45, 2.75) is 6.54 Å². The second-order valence-corrected chi connectivity index (χ2v) is 4.05. The third-order valence-corrected chi connectivity index (χ3v) is 2.82. The summed E-state index contributed by atoms with van der Waals surface area (Å²) < 4.78 is 14.8. The molecule has 0 aliphatic heterocycles. The van der Waals surface area contributed by atoms with Crippen molar-refractivity contribution in [1.29, 1.82) is 0 Å². The van der Waals surface area contributed by atoms with E-state index in [4.69, 9.17) is 0 Å². The zero-order chi connectivity index (χ0) is 13.4. The fourth-order valence-corrected chi connectivity index (χ4v) is 1.91. The van der Waals surface area contributed by atoms with Gasteiger partial charge in [-0.2, -0.15) is 4.98 Å². The van der Waals surface area contributed by atoms with Crippen molar-refractivity contribution < 1.29 is 4.39 Å². The maximum Gasteiger partial charge on any atom is 0.347 e. The van der Waals surface area contributed by atoms with Crippen LogP contribution in [0.15, 0.2) is 40.1 Å². The maximum atomic E-state index is 13.6. The Labute approximate surface area is 105 Å². The summed E-state index contributed by atoms with van der Waals surface area (Å²) in [5.74, 6) is -0.409. The number of halogens is 1. The average Bonchev–Trinajstić information content (AvgIpc) is 2.69. The van der Waals surface area contributed by atoms with Crippen LogP contribution in [0.5, 0.6) is 0 Å². The minimum Gasteiger partial charge on any atom is -0.310 e. The fourth-order valence-electron chi connectivity index (χ4n) is 1.91. The summed E-state index contributed by atoms with van der Waals surface area (Å²) in [7, 11) is 0. The Bertz CT molecular complexity index is 862. The van der Waals surface area contributed by atoms with Gasteiger partial charge in [0.05, 0.1) is 6.54 Å². The largest absolute Gasteiger partial charge is 0.347 e. The number of nitrogens with one attached hydrogen (secondary N) is 2. The van der Waals surface area contributed by atoms with Gasteiger partial charge < -0.3 is 9.97 Å². The minimum atomic E-state index is -0.561. The van der Waals surface area contributed by atoms with Crippen molar-refractivity contribution in [3.63, 3.8) is 0 Å². The van der Waals surface area contributed by atoms with Crippen LogP contribution in [0.4, 0.5) is 4.39 Å². The summed E-state index contributed by atoms with van der Waals surface area (Å²) in [5, 5.41) is 0. The number of aromatic amines is 2. The topological polar surface area (TPSA) is 83.5 Å². The second kappa shape index (κ2) is 4.20. The number of rotatable bonds is 2. The first-order valence-electron chi connectivity index (χ1n) is 5.57. The zero-order valence-corrected chi connectivity index (χ0v) is 9.68. The SMILES string of the molecule is O=c1nc2c(c[nH]1)[nH]c(=O)n2Cc1ccccc1F. The molecular formula is C12H9FN4O2. The van der Waals surface area contributed by atoms with Gasteiger partial charge in [0.1, 0.15) is 11.3 Å². The number of benzene rings is 1. The van der Waals surface area contributed by atoms with Gasteiger partial charge in [0.2, 0.25) is 0 Å². The number of H-pyrrole nitrogens is 2. The molecule has 19 heavy (non-hydrogen) atoms. The molecule has 0 saturated carbocycles. The molecule has 96 valence electrons. The van der Waals surface area contributed by atoms with E-state index in [9.17, 15) is 14.0 Å². The molecule has 0 unspecified atom stereocenters. The van der Waals surface area contributed by atoms with Gasteiger partial charge in [0.15, 0.2) is 5.65 Å². The Hall–Kier alpha value is -2.70. The lowest BCUT2D eigenvalue weighted by Gasteiger charge is -2.03. The Morgan fingerprint density at radius 2 is 2.05 bits per heavy atom. The first-order chi connectivity index (χ1) is 9.15. The van der Waals surface area contributed by atoms with E-state index >= 15 is 0 Å². The Kier molecular flexibility index (Phi) is 2.52. The quantitative estimate of drug-likeness (QED) is 0.707. The van der Waals surface area contributed by atoms with E-state index < -0.39 is 17.2 Å². The highest BCUT2D eigenvalue weighted by atomic mass is 19.1. The molecule has 0 aliphatic rings. The summed E-state index contributed by atoms with van der Waals surface area (Å²) in [5.41, 5.74) is -0.0379. The molecule has 2 aromatic heterocycles. The summed E-state index contributed by atoms with van der Waals surface area (Å²) in [6.45, 7) is 0.0158. The van der Waals surface area contributed by atoms with Crippen LogP contribution >= 0.6 is 0 Å². The molecule has 0 aliphatic carbocycles. The number of hydrogen-bond donors (Lipinski definition) is 2. The molecule has 1 aromatic carbocycles. The van der Waals surface area contributed by atoms with E-state index in [1.807, 2.05) is 0 Å². The van der Waals surface area contributed by atoms with Gasteiger partial charge in [-0.15, -0.1) is 0 Å². The van der Waals surface area contributed by atoms with Gasteiger partial charge in [-0.1, -0.05) is 18.2 Å². The van der Waals surface area contributed by atoms with Crippen LogP contribution in [0.2, 0.25) is 0 Å². The minimum absolute atomic E-state index is 0.0158. The molecule has 0 saturated heterocycles. The van der Waals surface area contributed by atoms with E-state index in [1.54, 1.807) is 18.2 Å². The van der Waals surface area contributed by atoms with Crippen molar-refractivity contribution in [2.24, 2.45) is 0 Å². The van der Waals surface area contributed by atoms with E-state index in [0.29, 0.717) is 11.1 Å². The first kappa shape index (κ1) is 11.4. The molecule has 3 aromatic rings. The van der Waals surface area contributed by atoms with Gasteiger partial charge in [0.25, 0.3) is 0 Å². The van der Waals surface area contributed by atoms with Crippen LogP contribution in [-0.4, -0.2) is 19.5 Å². The van der Waals surface area contributed by atoms with Gasteiger partial charge in [-0.05, 0) is 6.07 Å². The van der Waals surface area contributed by atoms with Crippen molar-refractivity contribution in [3.05, 3.63) is 62.8 Å². The van der Waals surface area contributed by atoms with Crippen LogP contribution in [0.3, 0.4) is 0 Å². The molecule has 0 radical (unpaired) electrons. The number of nitrogens with zero attached hydrogens (tertiary/aromatic N) is 2. The van der Waals surface area contributed by atoms with Crippen LogP contribution < -0.4 is 11.4 Å². The predicted octanol–water partition coefficient (Wildman–Crippen LogP) is 0.600. The van der Waals surface area contributed by atoms with Crippen molar-refractivity contribution >= 4 is 11.2 Å². The normalized spacial score (nSPS) is 11.0. The molecule has 0 atom stereocenters. The fraction of sp³-hybridized carbons (Fsp3) is 0.0833. The molecule has 6 nitrogen and oxygen atoms in total. The van der Waals surface area contributed by atoms with E-state index in [-0.39, 0.29) is 12.2 Å². The monoisotopic (exact) mass is 260 g/mol. The van der Waals surface area contributed by atoms with Crippen molar-refractivity contribution in [1.82, 2.24) is 19.5 Å². The number of fused-ring (bicyclic) bond motifs is 1. The van der Waals surface area contributed by atoms with Gasteiger partial charge in [-0.25, -0.2) is 14.0 Å². The Balaban J connectivity index is 2.18. The van der Waals surface area contributed by atoms with Crippen LogP contribution in [0.1, 0.15) is 5.56 Å². The first-order valence-corrected chi connectivity index (χ1v) is 5.57. The molecule has 0 spiro atoms. The molecule has 7 heteroatoms. The number of imidazole rings is 1. The predicted molar refractivity (Wildman–Crippen MR) is 66.5 cm³/mol. The number of aromatic nitrogens is 4. The lowest BCUT2D eigenvalue weighted by Crippen LogP contribution is -2.19. The molecule has 3 rings (SSSR count). The highest BCUT2D eigenvalue weighted by Gasteiger charge is 2.10.